The van der Waals surface area contributed by atoms with Crippen molar-refractivity contribution >= 4 is 45.6 Å². The van der Waals surface area contributed by atoms with Crippen molar-refractivity contribution in [3.8, 4) is 11.3 Å². The summed E-state index contributed by atoms with van der Waals surface area (Å²) < 4.78 is 1.72. The zero-order chi connectivity index (χ0) is 17.1. The normalized spacial score (nSPS) is 10.8. The number of carbonyl (C=O) groups excluding carboxylic acids is 1. The third kappa shape index (κ3) is 4.14. The van der Waals surface area contributed by atoms with Crippen LogP contribution in [0.25, 0.3) is 11.3 Å². The predicted octanol–water partition coefficient (Wildman–Crippen LogP) is 4.42. The number of aryl methyl sites for hydroxylation is 2. The number of benzene rings is 1. The number of hydrogen-bond acceptors (Lipinski definition) is 4. The van der Waals surface area contributed by atoms with Gasteiger partial charge in [-0.1, -0.05) is 23.2 Å². The van der Waals surface area contributed by atoms with Gasteiger partial charge in [-0.2, -0.15) is 5.10 Å². The number of halogens is 2. The monoisotopic (exact) mass is 380 g/mol. The lowest BCUT2D eigenvalue weighted by Crippen LogP contribution is -2.12. The molecule has 3 aromatic rings. The summed E-state index contributed by atoms with van der Waals surface area (Å²) in [6.07, 6.45) is 4.67. The van der Waals surface area contributed by atoms with Crippen molar-refractivity contribution in [1.82, 2.24) is 14.8 Å². The molecule has 5 nitrogen and oxygen atoms in total. The number of nitrogens with one attached hydrogen (secondary N) is 1. The van der Waals surface area contributed by atoms with Crippen molar-refractivity contribution in [2.24, 2.45) is 7.05 Å². The van der Waals surface area contributed by atoms with E-state index in [0.717, 1.165) is 11.1 Å². The van der Waals surface area contributed by atoms with Crippen LogP contribution in [0.4, 0.5) is 5.13 Å². The van der Waals surface area contributed by atoms with Crippen molar-refractivity contribution in [1.29, 1.82) is 0 Å². The van der Waals surface area contributed by atoms with Crippen molar-refractivity contribution in [2.45, 2.75) is 12.8 Å². The van der Waals surface area contributed by atoms with E-state index in [1.165, 1.54) is 11.3 Å². The number of hydrogen-bond donors (Lipinski definition) is 1. The Balaban J connectivity index is 1.63. The fourth-order valence-corrected chi connectivity index (χ4v) is 3.30. The van der Waals surface area contributed by atoms with Crippen LogP contribution in [0.1, 0.15) is 12.0 Å². The molecule has 3 rings (SSSR count). The van der Waals surface area contributed by atoms with Crippen LogP contribution in [0.2, 0.25) is 10.0 Å². The predicted molar refractivity (Wildman–Crippen MR) is 97.7 cm³/mol. The number of anilines is 1. The lowest BCUT2D eigenvalue weighted by Gasteiger charge is -2.02. The largest absolute Gasteiger partial charge is 0.302 e. The van der Waals surface area contributed by atoms with Crippen LogP contribution in [-0.2, 0) is 18.3 Å². The molecule has 0 spiro atoms. The van der Waals surface area contributed by atoms with E-state index in [9.17, 15) is 4.79 Å². The zero-order valence-corrected chi connectivity index (χ0v) is 15.1. The quantitative estimate of drug-likeness (QED) is 0.712. The average molecular weight is 381 g/mol. The number of carbonyl (C=O) groups is 1. The second kappa shape index (κ2) is 7.34. The van der Waals surface area contributed by atoms with Crippen LogP contribution in [-0.4, -0.2) is 20.7 Å². The van der Waals surface area contributed by atoms with Crippen molar-refractivity contribution in [2.75, 3.05) is 5.32 Å². The second-order valence-corrected chi connectivity index (χ2v) is 6.93. The van der Waals surface area contributed by atoms with Crippen molar-refractivity contribution in [3.05, 3.63) is 51.6 Å². The Morgan fingerprint density at radius 1 is 1.38 bits per heavy atom. The van der Waals surface area contributed by atoms with Gasteiger partial charge in [0.05, 0.1) is 16.9 Å². The van der Waals surface area contributed by atoms with Gasteiger partial charge in [0.15, 0.2) is 5.13 Å². The summed E-state index contributed by atoms with van der Waals surface area (Å²) in [7, 11) is 1.85. The van der Waals surface area contributed by atoms with E-state index in [2.05, 4.69) is 15.4 Å². The average Bonchev–Trinajstić information content (AvgIpc) is 3.17. The highest BCUT2D eigenvalue weighted by molar-refractivity contribution is 7.14. The molecule has 24 heavy (non-hydrogen) atoms. The maximum Gasteiger partial charge on any atom is 0.226 e. The first kappa shape index (κ1) is 17.0. The van der Waals surface area contributed by atoms with Gasteiger partial charge in [0.1, 0.15) is 0 Å². The van der Waals surface area contributed by atoms with Crippen molar-refractivity contribution in [3.63, 3.8) is 0 Å². The molecule has 0 aliphatic carbocycles. The van der Waals surface area contributed by atoms with E-state index in [4.69, 9.17) is 23.2 Å². The van der Waals surface area contributed by atoms with Gasteiger partial charge in [0, 0.05) is 35.6 Å². The van der Waals surface area contributed by atoms with Gasteiger partial charge >= 0.3 is 0 Å². The summed E-state index contributed by atoms with van der Waals surface area (Å²) in [4.78, 5) is 16.4. The molecule has 0 bridgehead atoms. The molecule has 1 amide bonds. The van der Waals surface area contributed by atoms with Crippen LogP contribution < -0.4 is 5.32 Å². The van der Waals surface area contributed by atoms with Crippen LogP contribution in [0.5, 0.6) is 0 Å². The first-order chi connectivity index (χ1) is 11.5. The highest BCUT2D eigenvalue weighted by Gasteiger charge is 2.11. The molecule has 0 fully saturated rings. The first-order valence-corrected chi connectivity index (χ1v) is 8.83. The molecule has 0 radical (unpaired) electrons. The van der Waals surface area contributed by atoms with Crippen LogP contribution in [0, 0.1) is 0 Å². The maximum absolute atomic E-state index is 12.0. The highest BCUT2D eigenvalue weighted by Crippen LogP contribution is 2.32. The van der Waals surface area contributed by atoms with Crippen LogP contribution in [0.15, 0.2) is 36.0 Å². The summed E-state index contributed by atoms with van der Waals surface area (Å²) in [5.74, 6) is -0.0862. The zero-order valence-electron chi connectivity index (χ0n) is 12.8. The van der Waals surface area contributed by atoms with Gasteiger partial charge in [-0.05, 0) is 30.2 Å². The Bertz CT molecular complexity index is 875. The number of aromatic nitrogens is 3. The molecule has 0 aliphatic heterocycles. The maximum atomic E-state index is 12.0. The minimum atomic E-state index is -0.0862. The van der Waals surface area contributed by atoms with E-state index >= 15 is 0 Å². The van der Waals surface area contributed by atoms with Crippen molar-refractivity contribution < 1.29 is 4.79 Å². The number of thiazole rings is 1. The molecule has 1 N–H and O–H groups in total. The fourth-order valence-electron chi connectivity index (χ4n) is 2.19. The smallest absolute Gasteiger partial charge is 0.226 e. The molecule has 2 heterocycles. The minimum absolute atomic E-state index is 0.0862. The van der Waals surface area contributed by atoms with Gasteiger partial charge < -0.3 is 5.32 Å². The third-order valence-electron chi connectivity index (χ3n) is 3.35. The van der Waals surface area contributed by atoms with E-state index in [0.29, 0.717) is 33.7 Å². The second-order valence-electron chi connectivity index (χ2n) is 5.23. The summed E-state index contributed by atoms with van der Waals surface area (Å²) >= 11 is 13.5. The molecule has 0 unspecified atom stereocenters. The van der Waals surface area contributed by atoms with Gasteiger partial charge in [-0.3, -0.25) is 9.48 Å². The Kier molecular flexibility index (Phi) is 5.18. The molecular formula is C16H14Cl2N4OS. The highest BCUT2D eigenvalue weighted by atomic mass is 35.5. The molecule has 1 aromatic carbocycles. The van der Waals surface area contributed by atoms with E-state index in [-0.39, 0.29) is 5.91 Å². The Hall–Kier alpha value is -1.89. The topological polar surface area (TPSA) is 59.8 Å². The molecular weight excluding hydrogens is 367 g/mol. The number of rotatable bonds is 5. The molecule has 2 aromatic heterocycles. The van der Waals surface area contributed by atoms with Crippen LogP contribution in [0.3, 0.4) is 0 Å². The first-order valence-electron chi connectivity index (χ1n) is 7.19. The number of nitrogens with zero attached hydrogens (tertiary/aromatic N) is 3. The fraction of sp³-hybridized carbons (Fsp3) is 0.188. The Morgan fingerprint density at radius 3 is 2.96 bits per heavy atom. The lowest BCUT2D eigenvalue weighted by molar-refractivity contribution is -0.116. The SMILES string of the molecule is Cn1cc(CCC(=O)Nc2nc(-c3cc(Cl)ccc3Cl)cs2)cn1. The minimum Gasteiger partial charge on any atom is -0.302 e. The molecule has 8 heteroatoms. The summed E-state index contributed by atoms with van der Waals surface area (Å²) in [5, 5.41) is 10.4. The molecule has 0 saturated carbocycles. The lowest BCUT2D eigenvalue weighted by atomic mass is 10.2. The summed E-state index contributed by atoms with van der Waals surface area (Å²) in [6, 6.07) is 5.21. The standard InChI is InChI=1S/C16H14Cl2N4OS/c1-22-8-10(7-19-22)2-5-15(23)21-16-20-14(9-24-16)12-6-11(17)3-4-13(12)18/h3-4,6-9H,2,5H2,1H3,(H,20,21,23). The third-order valence-corrected chi connectivity index (χ3v) is 4.68. The Morgan fingerprint density at radius 2 is 2.21 bits per heavy atom. The molecule has 0 saturated heterocycles. The Labute approximate surface area is 153 Å². The van der Waals surface area contributed by atoms with E-state index in [1.54, 1.807) is 29.1 Å². The molecule has 0 atom stereocenters. The summed E-state index contributed by atoms with van der Waals surface area (Å²) in [5.41, 5.74) is 2.46. The summed E-state index contributed by atoms with van der Waals surface area (Å²) in [6.45, 7) is 0. The van der Waals surface area contributed by atoms with Gasteiger partial charge in [-0.25, -0.2) is 4.98 Å². The number of amides is 1. The van der Waals surface area contributed by atoms with E-state index < -0.39 is 0 Å². The van der Waals surface area contributed by atoms with Crippen LogP contribution >= 0.6 is 34.5 Å². The molecule has 124 valence electrons. The van der Waals surface area contributed by atoms with Gasteiger partial charge in [-0.15, -0.1) is 11.3 Å². The van der Waals surface area contributed by atoms with Gasteiger partial charge in [0.25, 0.3) is 0 Å². The van der Waals surface area contributed by atoms with E-state index in [1.807, 2.05) is 18.6 Å². The van der Waals surface area contributed by atoms with Gasteiger partial charge in [0.2, 0.25) is 5.91 Å². The molecule has 0 aliphatic rings.